The van der Waals surface area contributed by atoms with Crippen molar-refractivity contribution in [3.8, 4) is 0 Å². The summed E-state index contributed by atoms with van der Waals surface area (Å²) >= 11 is 0. The van der Waals surface area contributed by atoms with E-state index in [1.165, 1.54) is 5.56 Å². The molecule has 0 aliphatic carbocycles. The van der Waals surface area contributed by atoms with Gasteiger partial charge in [0.15, 0.2) is 5.78 Å². The van der Waals surface area contributed by atoms with Crippen LogP contribution in [0.25, 0.3) is 0 Å². The summed E-state index contributed by atoms with van der Waals surface area (Å²) in [5, 5.41) is 3.35. The number of carbonyl (C=O) groups is 1. The first-order valence-electron chi connectivity index (χ1n) is 7.71. The van der Waals surface area contributed by atoms with Gasteiger partial charge in [-0.3, -0.25) is 9.69 Å². The summed E-state index contributed by atoms with van der Waals surface area (Å²) < 4.78 is 0. The number of ketones is 1. The molecule has 110 valence electrons. The van der Waals surface area contributed by atoms with Crippen LogP contribution >= 0.6 is 0 Å². The van der Waals surface area contributed by atoms with Gasteiger partial charge >= 0.3 is 0 Å². The predicted molar refractivity (Wildman–Crippen MR) is 83.2 cm³/mol. The predicted octanol–water partition coefficient (Wildman–Crippen LogP) is 2.36. The van der Waals surface area contributed by atoms with Gasteiger partial charge in [-0.25, -0.2) is 0 Å². The summed E-state index contributed by atoms with van der Waals surface area (Å²) in [6.07, 6.45) is 1.01. The third kappa shape index (κ3) is 3.47. The zero-order valence-corrected chi connectivity index (χ0v) is 12.9. The van der Waals surface area contributed by atoms with Gasteiger partial charge in [0.1, 0.15) is 0 Å². The second kappa shape index (κ2) is 7.00. The van der Waals surface area contributed by atoms with Gasteiger partial charge < -0.3 is 5.32 Å². The van der Waals surface area contributed by atoms with E-state index in [-0.39, 0.29) is 11.8 Å². The van der Waals surface area contributed by atoms with Crippen molar-refractivity contribution in [2.75, 3.05) is 26.2 Å². The molecule has 0 aromatic heterocycles. The van der Waals surface area contributed by atoms with Gasteiger partial charge in [0.2, 0.25) is 0 Å². The highest BCUT2D eigenvalue weighted by Crippen LogP contribution is 2.18. The second-order valence-corrected chi connectivity index (χ2v) is 5.89. The Labute approximate surface area is 122 Å². The topological polar surface area (TPSA) is 32.3 Å². The zero-order valence-electron chi connectivity index (χ0n) is 12.9. The first-order valence-corrected chi connectivity index (χ1v) is 7.71. The van der Waals surface area contributed by atoms with Crippen molar-refractivity contribution >= 4 is 5.78 Å². The maximum atomic E-state index is 12.8. The Morgan fingerprint density at radius 1 is 1.20 bits per heavy atom. The molecule has 1 N–H and O–H groups in total. The average molecular weight is 274 g/mol. The van der Waals surface area contributed by atoms with Crippen LogP contribution in [0.2, 0.25) is 0 Å². The molecule has 1 fully saturated rings. The minimum absolute atomic E-state index is 0.00424. The van der Waals surface area contributed by atoms with Crippen LogP contribution in [0.4, 0.5) is 0 Å². The monoisotopic (exact) mass is 274 g/mol. The standard InChI is InChI=1S/C17H26N2O/c1-4-14-5-7-15(8-6-14)17(20)16(13(2)3)19-11-9-18-10-12-19/h5-8,13,16,18H,4,9-12H2,1-3H3. The van der Waals surface area contributed by atoms with E-state index in [9.17, 15) is 4.79 Å². The zero-order chi connectivity index (χ0) is 14.5. The van der Waals surface area contributed by atoms with E-state index in [4.69, 9.17) is 0 Å². The van der Waals surface area contributed by atoms with Crippen molar-refractivity contribution in [1.82, 2.24) is 10.2 Å². The molecule has 0 saturated carbocycles. The summed E-state index contributed by atoms with van der Waals surface area (Å²) in [4.78, 5) is 15.2. The summed E-state index contributed by atoms with van der Waals surface area (Å²) in [6, 6.07) is 8.12. The number of piperazine rings is 1. The Morgan fingerprint density at radius 2 is 1.80 bits per heavy atom. The maximum Gasteiger partial charge on any atom is 0.180 e. The molecule has 1 aromatic carbocycles. The van der Waals surface area contributed by atoms with E-state index in [2.05, 4.69) is 43.1 Å². The normalized spacial score (nSPS) is 18.2. The van der Waals surface area contributed by atoms with Crippen LogP contribution in [0.15, 0.2) is 24.3 Å². The molecule has 1 aliphatic heterocycles. The molecule has 1 atom stereocenters. The Hall–Kier alpha value is -1.19. The van der Waals surface area contributed by atoms with Crippen LogP contribution in [0.3, 0.4) is 0 Å². The third-order valence-corrected chi connectivity index (χ3v) is 4.09. The number of benzene rings is 1. The average Bonchev–Trinajstić information content (AvgIpc) is 2.48. The molecular weight excluding hydrogens is 248 g/mol. The Kier molecular flexibility index (Phi) is 5.32. The summed E-state index contributed by atoms with van der Waals surface area (Å²) in [5.74, 6) is 0.607. The van der Waals surface area contributed by atoms with E-state index in [1.54, 1.807) is 0 Å². The number of nitrogens with one attached hydrogen (secondary N) is 1. The van der Waals surface area contributed by atoms with Crippen molar-refractivity contribution in [3.63, 3.8) is 0 Å². The molecule has 3 heteroatoms. The van der Waals surface area contributed by atoms with Gasteiger partial charge in [0.05, 0.1) is 6.04 Å². The van der Waals surface area contributed by atoms with E-state index >= 15 is 0 Å². The van der Waals surface area contributed by atoms with Crippen molar-refractivity contribution < 1.29 is 4.79 Å². The number of Topliss-reactive ketones (excluding diaryl/α,β-unsaturated/α-hetero) is 1. The highest BCUT2D eigenvalue weighted by atomic mass is 16.1. The first kappa shape index (κ1) is 15.2. The van der Waals surface area contributed by atoms with E-state index < -0.39 is 0 Å². The highest BCUT2D eigenvalue weighted by molar-refractivity contribution is 6.00. The van der Waals surface area contributed by atoms with Crippen molar-refractivity contribution in [1.29, 1.82) is 0 Å². The number of carbonyl (C=O) groups excluding carboxylic acids is 1. The molecule has 1 saturated heterocycles. The van der Waals surface area contributed by atoms with E-state index in [0.29, 0.717) is 5.92 Å². The molecule has 1 heterocycles. The fourth-order valence-electron chi connectivity index (χ4n) is 2.93. The molecule has 0 spiro atoms. The number of hydrogen-bond acceptors (Lipinski definition) is 3. The minimum Gasteiger partial charge on any atom is -0.314 e. The van der Waals surface area contributed by atoms with Crippen LogP contribution in [0.5, 0.6) is 0 Å². The minimum atomic E-state index is 0.00424. The highest BCUT2D eigenvalue weighted by Gasteiger charge is 2.30. The van der Waals surface area contributed by atoms with Gasteiger partial charge in [0, 0.05) is 31.7 Å². The molecule has 0 amide bonds. The molecule has 1 aliphatic rings. The fraction of sp³-hybridized carbons (Fsp3) is 0.588. The largest absolute Gasteiger partial charge is 0.314 e. The smallest absolute Gasteiger partial charge is 0.180 e. The van der Waals surface area contributed by atoms with Gasteiger partial charge in [-0.1, -0.05) is 45.0 Å². The molecular formula is C17H26N2O. The Balaban J connectivity index is 2.16. The lowest BCUT2D eigenvalue weighted by atomic mass is 9.92. The first-order chi connectivity index (χ1) is 9.63. The third-order valence-electron chi connectivity index (χ3n) is 4.09. The Bertz CT molecular complexity index is 433. The summed E-state index contributed by atoms with van der Waals surface area (Å²) in [6.45, 7) is 10.3. The lowest BCUT2D eigenvalue weighted by Gasteiger charge is -2.36. The molecule has 0 bridgehead atoms. The molecule has 3 nitrogen and oxygen atoms in total. The van der Waals surface area contributed by atoms with Crippen LogP contribution in [-0.2, 0) is 6.42 Å². The number of nitrogens with zero attached hydrogens (tertiary/aromatic N) is 1. The van der Waals surface area contributed by atoms with Crippen molar-refractivity contribution in [2.24, 2.45) is 5.92 Å². The number of aryl methyl sites for hydroxylation is 1. The van der Waals surface area contributed by atoms with Crippen LogP contribution in [0, 0.1) is 5.92 Å². The van der Waals surface area contributed by atoms with E-state index in [0.717, 1.165) is 38.2 Å². The SMILES string of the molecule is CCc1ccc(C(=O)C(C(C)C)N2CCNCC2)cc1. The maximum absolute atomic E-state index is 12.8. The van der Waals surface area contributed by atoms with Gasteiger partial charge in [-0.15, -0.1) is 0 Å². The van der Waals surface area contributed by atoms with Gasteiger partial charge in [0.25, 0.3) is 0 Å². The Morgan fingerprint density at radius 3 is 2.30 bits per heavy atom. The molecule has 20 heavy (non-hydrogen) atoms. The quantitative estimate of drug-likeness (QED) is 0.837. The van der Waals surface area contributed by atoms with Crippen LogP contribution in [0.1, 0.15) is 36.7 Å². The molecule has 1 aromatic rings. The second-order valence-electron chi connectivity index (χ2n) is 5.89. The molecule has 0 radical (unpaired) electrons. The van der Waals surface area contributed by atoms with Crippen LogP contribution in [-0.4, -0.2) is 42.9 Å². The lowest BCUT2D eigenvalue weighted by Crippen LogP contribution is -2.53. The van der Waals surface area contributed by atoms with Crippen molar-refractivity contribution in [2.45, 2.75) is 33.2 Å². The molecule has 2 rings (SSSR count). The number of hydrogen-bond donors (Lipinski definition) is 1. The van der Waals surface area contributed by atoms with Crippen molar-refractivity contribution in [3.05, 3.63) is 35.4 Å². The molecule has 1 unspecified atom stereocenters. The van der Waals surface area contributed by atoms with Gasteiger partial charge in [-0.05, 0) is 17.9 Å². The summed E-state index contributed by atoms with van der Waals surface area (Å²) in [5.41, 5.74) is 2.13. The summed E-state index contributed by atoms with van der Waals surface area (Å²) in [7, 11) is 0. The number of rotatable bonds is 5. The van der Waals surface area contributed by atoms with Gasteiger partial charge in [-0.2, -0.15) is 0 Å². The van der Waals surface area contributed by atoms with Crippen LogP contribution < -0.4 is 5.32 Å². The van der Waals surface area contributed by atoms with E-state index in [1.807, 2.05) is 12.1 Å². The lowest BCUT2D eigenvalue weighted by molar-refractivity contribution is 0.0719. The fourth-order valence-corrected chi connectivity index (χ4v) is 2.93.